The first kappa shape index (κ1) is 13.8. The highest BCUT2D eigenvalue weighted by Crippen LogP contribution is 2.28. The average Bonchev–Trinajstić information content (AvgIpc) is 2.19. The molecule has 1 rings (SSSR count). The molecule has 0 fully saturated rings. The van der Waals surface area contributed by atoms with Crippen LogP contribution in [0.1, 0.15) is 24.2 Å². The predicted molar refractivity (Wildman–Crippen MR) is 61.0 cm³/mol. The lowest BCUT2D eigenvalue weighted by Crippen LogP contribution is -2.25. The SMILES string of the molecule is Cc1cc(N(C)CC(F)F)c([C@H](C)O)cc1F. The zero-order chi connectivity index (χ0) is 13.2. The van der Waals surface area contributed by atoms with E-state index in [1.54, 1.807) is 6.92 Å². The number of aliphatic hydroxyl groups is 1. The van der Waals surface area contributed by atoms with Crippen LogP contribution in [-0.4, -0.2) is 25.1 Å². The van der Waals surface area contributed by atoms with Crippen LogP contribution < -0.4 is 4.90 Å². The molecule has 1 aromatic rings. The largest absolute Gasteiger partial charge is 0.389 e. The van der Waals surface area contributed by atoms with Gasteiger partial charge in [-0.05, 0) is 31.5 Å². The Bertz CT molecular complexity index is 394. The third kappa shape index (κ3) is 3.36. The van der Waals surface area contributed by atoms with E-state index in [1.165, 1.54) is 31.0 Å². The molecule has 0 spiro atoms. The molecule has 0 saturated heterocycles. The third-order valence-corrected chi connectivity index (χ3v) is 2.58. The Hall–Kier alpha value is -1.23. The van der Waals surface area contributed by atoms with Crippen LogP contribution in [0.2, 0.25) is 0 Å². The van der Waals surface area contributed by atoms with Crippen molar-refractivity contribution in [2.45, 2.75) is 26.4 Å². The van der Waals surface area contributed by atoms with E-state index < -0.39 is 24.9 Å². The standard InChI is InChI=1S/C12H16F3NO/c1-7-4-11(16(3)6-12(14)15)9(8(2)17)5-10(7)13/h4-5,8,12,17H,6H2,1-3H3/t8-/m0/s1. The molecular formula is C12H16F3NO. The molecule has 0 aliphatic rings. The highest BCUT2D eigenvalue weighted by atomic mass is 19.3. The normalized spacial score (nSPS) is 12.9. The van der Waals surface area contributed by atoms with Gasteiger partial charge in [-0.2, -0.15) is 0 Å². The molecule has 0 unspecified atom stereocenters. The van der Waals surface area contributed by atoms with E-state index in [-0.39, 0.29) is 0 Å². The van der Waals surface area contributed by atoms with Crippen LogP contribution in [0, 0.1) is 12.7 Å². The maximum absolute atomic E-state index is 13.4. The summed E-state index contributed by atoms with van der Waals surface area (Å²) < 4.78 is 38.0. The van der Waals surface area contributed by atoms with Gasteiger partial charge in [0.05, 0.1) is 12.6 Å². The Morgan fingerprint density at radius 2 is 1.94 bits per heavy atom. The summed E-state index contributed by atoms with van der Waals surface area (Å²) in [6.07, 6.45) is -3.38. The Kier molecular flexibility index (Phi) is 4.40. The van der Waals surface area contributed by atoms with E-state index in [2.05, 4.69) is 0 Å². The van der Waals surface area contributed by atoms with Crippen molar-refractivity contribution >= 4 is 5.69 Å². The molecule has 5 heteroatoms. The van der Waals surface area contributed by atoms with Crippen LogP contribution in [0.4, 0.5) is 18.9 Å². The summed E-state index contributed by atoms with van der Waals surface area (Å²) in [5, 5.41) is 9.52. The van der Waals surface area contributed by atoms with Crippen molar-refractivity contribution in [2.24, 2.45) is 0 Å². The summed E-state index contributed by atoms with van der Waals surface area (Å²) in [6.45, 7) is 2.58. The molecule has 17 heavy (non-hydrogen) atoms. The molecule has 1 aromatic carbocycles. The fourth-order valence-electron chi connectivity index (χ4n) is 1.65. The van der Waals surface area contributed by atoms with Gasteiger partial charge in [-0.3, -0.25) is 0 Å². The van der Waals surface area contributed by atoms with E-state index in [9.17, 15) is 18.3 Å². The van der Waals surface area contributed by atoms with Crippen molar-refractivity contribution in [2.75, 3.05) is 18.5 Å². The van der Waals surface area contributed by atoms with Crippen molar-refractivity contribution in [1.82, 2.24) is 0 Å². The molecule has 0 bridgehead atoms. The lowest BCUT2D eigenvalue weighted by Gasteiger charge is -2.24. The minimum atomic E-state index is -2.48. The minimum Gasteiger partial charge on any atom is -0.389 e. The van der Waals surface area contributed by atoms with Crippen molar-refractivity contribution < 1.29 is 18.3 Å². The highest BCUT2D eigenvalue weighted by molar-refractivity contribution is 5.56. The number of halogens is 3. The van der Waals surface area contributed by atoms with E-state index in [4.69, 9.17) is 0 Å². The number of rotatable bonds is 4. The molecule has 0 radical (unpaired) electrons. The Labute approximate surface area is 98.7 Å². The van der Waals surface area contributed by atoms with Gasteiger partial charge >= 0.3 is 0 Å². The van der Waals surface area contributed by atoms with Gasteiger partial charge in [0.25, 0.3) is 6.43 Å². The molecule has 0 aliphatic heterocycles. The lowest BCUT2D eigenvalue weighted by molar-refractivity contribution is 0.156. The fraction of sp³-hybridized carbons (Fsp3) is 0.500. The van der Waals surface area contributed by atoms with Gasteiger partial charge in [0.15, 0.2) is 0 Å². The second kappa shape index (κ2) is 5.40. The molecule has 0 heterocycles. The van der Waals surface area contributed by atoms with Crippen LogP contribution in [-0.2, 0) is 0 Å². The number of benzene rings is 1. The summed E-state index contributed by atoms with van der Waals surface area (Å²) in [5.74, 6) is -0.449. The molecule has 1 N–H and O–H groups in total. The van der Waals surface area contributed by atoms with Crippen molar-refractivity contribution in [3.8, 4) is 0 Å². The van der Waals surface area contributed by atoms with Gasteiger partial charge in [-0.25, -0.2) is 13.2 Å². The number of anilines is 1. The van der Waals surface area contributed by atoms with Crippen LogP contribution in [0.25, 0.3) is 0 Å². The highest BCUT2D eigenvalue weighted by Gasteiger charge is 2.17. The van der Waals surface area contributed by atoms with Crippen molar-refractivity contribution in [1.29, 1.82) is 0 Å². The van der Waals surface area contributed by atoms with E-state index >= 15 is 0 Å². The zero-order valence-corrected chi connectivity index (χ0v) is 10.0. The van der Waals surface area contributed by atoms with Gasteiger partial charge in [-0.15, -0.1) is 0 Å². The monoisotopic (exact) mass is 247 g/mol. The minimum absolute atomic E-state index is 0.316. The van der Waals surface area contributed by atoms with Gasteiger partial charge < -0.3 is 10.0 Å². The third-order valence-electron chi connectivity index (χ3n) is 2.58. The number of aliphatic hydroxyl groups excluding tert-OH is 1. The molecule has 0 saturated carbocycles. The smallest absolute Gasteiger partial charge is 0.255 e. The molecule has 2 nitrogen and oxygen atoms in total. The number of hydrogen-bond donors (Lipinski definition) is 1. The topological polar surface area (TPSA) is 23.5 Å². The second-order valence-corrected chi connectivity index (χ2v) is 4.11. The summed E-state index contributed by atoms with van der Waals surface area (Å²) in [5.41, 5.74) is 1.11. The number of aryl methyl sites for hydroxylation is 1. The van der Waals surface area contributed by atoms with Crippen molar-refractivity contribution in [3.63, 3.8) is 0 Å². The van der Waals surface area contributed by atoms with E-state index in [0.29, 0.717) is 16.8 Å². The van der Waals surface area contributed by atoms with E-state index in [0.717, 1.165) is 0 Å². The Morgan fingerprint density at radius 3 is 2.41 bits per heavy atom. The van der Waals surface area contributed by atoms with Crippen LogP contribution in [0.15, 0.2) is 12.1 Å². The van der Waals surface area contributed by atoms with Crippen LogP contribution in [0.5, 0.6) is 0 Å². The first-order valence-corrected chi connectivity index (χ1v) is 5.30. The second-order valence-electron chi connectivity index (χ2n) is 4.11. The van der Waals surface area contributed by atoms with Crippen LogP contribution in [0.3, 0.4) is 0 Å². The van der Waals surface area contributed by atoms with Crippen molar-refractivity contribution in [3.05, 3.63) is 29.1 Å². The summed E-state index contributed by atoms with van der Waals surface area (Å²) in [4.78, 5) is 1.32. The summed E-state index contributed by atoms with van der Waals surface area (Å²) >= 11 is 0. The first-order chi connectivity index (χ1) is 7.82. The number of nitrogens with zero attached hydrogens (tertiary/aromatic N) is 1. The molecule has 1 atom stereocenters. The summed E-state index contributed by atoms with van der Waals surface area (Å²) in [6, 6.07) is 2.66. The maximum atomic E-state index is 13.4. The number of alkyl halides is 2. The van der Waals surface area contributed by atoms with Gasteiger partial charge in [-0.1, -0.05) is 0 Å². The molecule has 96 valence electrons. The molecule has 0 aromatic heterocycles. The van der Waals surface area contributed by atoms with Gasteiger partial charge in [0.1, 0.15) is 5.82 Å². The fourth-order valence-corrected chi connectivity index (χ4v) is 1.65. The van der Waals surface area contributed by atoms with Gasteiger partial charge in [0, 0.05) is 18.3 Å². The van der Waals surface area contributed by atoms with Crippen LogP contribution >= 0.6 is 0 Å². The van der Waals surface area contributed by atoms with E-state index in [1.807, 2.05) is 0 Å². The van der Waals surface area contributed by atoms with Gasteiger partial charge in [0.2, 0.25) is 0 Å². The lowest BCUT2D eigenvalue weighted by atomic mass is 10.0. The molecular weight excluding hydrogens is 231 g/mol. The predicted octanol–water partition coefficient (Wildman–Crippen LogP) is 2.89. The molecule has 0 aliphatic carbocycles. The maximum Gasteiger partial charge on any atom is 0.255 e. The average molecular weight is 247 g/mol. The molecule has 0 amide bonds. The Morgan fingerprint density at radius 1 is 1.35 bits per heavy atom. The zero-order valence-electron chi connectivity index (χ0n) is 10.0. The quantitative estimate of drug-likeness (QED) is 0.884. The summed E-state index contributed by atoms with van der Waals surface area (Å²) in [7, 11) is 1.49. The number of hydrogen-bond acceptors (Lipinski definition) is 2. The Balaban J connectivity index is 3.16. The first-order valence-electron chi connectivity index (χ1n) is 5.30.